The Morgan fingerprint density at radius 1 is 1.21 bits per heavy atom. The predicted molar refractivity (Wildman–Crippen MR) is 87.3 cm³/mol. The molecule has 1 aliphatic heterocycles. The summed E-state index contributed by atoms with van der Waals surface area (Å²) < 4.78 is 5.35. The average molecular weight is 323 g/mol. The number of phenols is 2. The highest BCUT2D eigenvalue weighted by atomic mass is 16.3. The second-order valence-electron chi connectivity index (χ2n) is 5.92. The number of fused-ring (bicyclic) bond motifs is 1. The van der Waals surface area contributed by atoms with E-state index in [2.05, 4.69) is 14.9 Å². The molecule has 0 atom stereocenters. The van der Waals surface area contributed by atoms with Gasteiger partial charge in [-0.25, -0.2) is 9.97 Å². The summed E-state index contributed by atoms with van der Waals surface area (Å²) in [6.07, 6.45) is 4.27. The molecule has 0 unspecified atom stereocenters. The van der Waals surface area contributed by atoms with Gasteiger partial charge < -0.3 is 14.6 Å². The van der Waals surface area contributed by atoms with E-state index in [-0.39, 0.29) is 11.5 Å². The van der Waals surface area contributed by atoms with Crippen LogP contribution in [0.5, 0.6) is 11.5 Å². The zero-order chi connectivity index (χ0) is 16.5. The molecule has 0 bridgehead atoms. The van der Waals surface area contributed by atoms with Crippen molar-refractivity contribution in [2.75, 3.05) is 6.54 Å². The molecule has 0 spiro atoms. The van der Waals surface area contributed by atoms with Gasteiger partial charge in [0.25, 0.3) is 0 Å². The van der Waals surface area contributed by atoms with Gasteiger partial charge in [0.05, 0.1) is 12.0 Å². The highest BCUT2D eigenvalue weighted by Gasteiger charge is 2.20. The highest BCUT2D eigenvalue weighted by Crippen LogP contribution is 2.26. The minimum Gasteiger partial charge on any atom is -0.508 e. The lowest BCUT2D eigenvalue weighted by molar-refractivity contribution is 0.239. The number of benzene rings is 1. The van der Waals surface area contributed by atoms with Gasteiger partial charge in [-0.1, -0.05) is 0 Å². The van der Waals surface area contributed by atoms with Gasteiger partial charge in [-0.2, -0.15) is 0 Å². The smallest absolute Gasteiger partial charge is 0.195 e. The molecule has 0 aliphatic carbocycles. The lowest BCUT2D eigenvalue weighted by Crippen LogP contribution is -2.31. The zero-order valence-electron chi connectivity index (χ0n) is 13.0. The number of aromatic nitrogens is 2. The van der Waals surface area contributed by atoms with E-state index >= 15 is 0 Å². The van der Waals surface area contributed by atoms with Gasteiger partial charge in [0.2, 0.25) is 0 Å². The summed E-state index contributed by atoms with van der Waals surface area (Å²) in [5.41, 5.74) is 2.83. The summed E-state index contributed by atoms with van der Waals surface area (Å²) in [6.45, 7) is 2.11. The molecule has 3 heterocycles. The minimum atomic E-state index is 0.159. The van der Waals surface area contributed by atoms with Gasteiger partial charge in [0.1, 0.15) is 11.5 Å². The Hall–Kier alpha value is -2.86. The molecular formula is C18H17N3O3. The molecule has 1 aromatic carbocycles. The highest BCUT2D eigenvalue weighted by molar-refractivity contribution is 5.47. The summed E-state index contributed by atoms with van der Waals surface area (Å²) in [6, 6.07) is 8.26. The zero-order valence-corrected chi connectivity index (χ0v) is 13.0. The summed E-state index contributed by atoms with van der Waals surface area (Å²) >= 11 is 0. The van der Waals surface area contributed by atoms with Crippen LogP contribution in [0.4, 0.5) is 0 Å². The first-order valence-electron chi connectivity index (χ1n) is 7.81. The Morgan fingerprint density at radius 3 is 2.96 bits per heavy atom. The van der Waals surface area contributed by atoms with Crippen LogP contribution < -0.4 is 0 Å². The van der Waals surface area contributed by atoms with Crippen LogP contribution in [0.1, 0.15) is 16.8 Å². The van der Waals surface area contributed by atoms with Crippen LogP contribution in [0, 0.1) is 0 Å². The van der Waals surface area contributed by atoms with Crippen LogP contribution in [-0.4, -0.2) is 31.6 Å². The Morgan fingerprint density at radius 2 is 2.12 bits per heavy atom. The van der Waals surface area contributed by atoms with Gasteiger partial charge in [-0.15, -0.1) is 0 Å². The maximum absolute atomic E-state index is 9.93. The maximum atomic E-state index is 9.93. The summed E-state index contributed by atoms with van der Waals surface area (Å²) in [5, 5.41) is 19.5. The van der Waals surface area contributed by atoms with Crippen molar-refractivity contribution in [1.29, 1.82) is 0 Å². The van der Waals surface area contributed by atoms with E-state index < -0.39 is 0 Å². The Kier molecular flexibility index (Phi) is 3.66. The number of aromatic hydroxyl groups is 2. The van der Waals surface area contributed by atoms with Gasteiger partial charge in [0, 0.05) is 43.4 Å². The van der Waals surface area contributed by atoms with Crippen LogP contribution in [0.2, 0.25) is 0 Å². The van der Waals surface area contributed by atoms with Crippen LogP contribution in [0.3, 0.4) is 0 Å². The number of nitrogens with zero attached hydrogens (tertiary/aromatic N) is 3. The molecule has 4 rings (SSSR count). The van der Waals surface area contributed by atoms with Gasteiger partial charge in [0.15, 0.2) is 11.6 Å². The molecule has 1 aliphatic rings. The molecule has 2 N–H and O–H groups in total. The van der Waals surface area contributed by atoms with Crippen LogP contribution in [-0.2, 0) is 19.5 Å². The maximum Gasteiger partial charge on any atom is 0.195 e. The summed E-state index contributed by atoms with van der Waals surface area (Å²) in [7, 11) is 0. The Bertz CT molecular complexity index is 862. The third-order valence-electron chi connectivity index (χ3n) is 4.21. The van der Waals surface area contributed by atoms with Crippen molar-refractivity contribution >= 4 is 0 Å². The number of rotatable bonds is 3. The fourth-order valence-corrected chi connectivity index (χ4v) is 2.97. The molecule has 122 valence electrons. The van der Waals surface area contributed by atoms with Gasteiger partial charge >= 0.3 is 0 Å². The third kappa shape index (κ3) is 2.83. The topological polar surface area (TPSA) is 82.6 Å². The monoisotopic (exact) mass is 323 g/mol. The van der Waals surface area contributed by atoms with E-state index in [1.807, 2.05) is 18.3 Å². The minimum absolute atomic E-state index is 0.159. The lowest BCUT2D eigenvalue weighted by Gasteiger charge is -2.28. The third-order valence-corrected chi connectivity index (χ3v) is 4.21. The second-order valence-corrected chi connectivity index (χ2v) is 5.92. The van der Waals surface area contributed by atoms with Crippen molar-refractivity contribution in [2.24, 2.45) is 0 Å². The first kappa shape index (κ1) is 14.7. The van der Waals surface area contributed by atoms with Gasteiger partial charge in [-0.3, -0.25) is 4.90 Å². The first-order valence-corrected chi connectivity index (χ1v) is 7.81. The van der Waals surface area contributed by atoms with Crippen molar-refractivity contribution in [3.05, 3.63) is 59.6 Å². The standard InChI is InChI=1S/C18H17N3O3/c22-14-3-4-16(23)12(8-14)10-21-6-5-15-13(11-21)9-19-18(20-15)17-2-1-7-24-17/h1-4,7-9,22-23H,5-6,10-11H2. The molecule has 3 aromatic rings. The predicted octanol–water partition coefficient (Wildman–Crippen LogP) is 2.71. The molecule has 0 saturated carbocycles. The van der Waals surface area contributed by atoms with Crippen molar-refractivity contribution in [1.82, 2.24) is 14.9 Å². The molecule has 0 amide bonds. The molecule has 0 fully saturated rings. The molecule has 0 radical (unpaired) electrons. The number of hydrogen-bond acceptors (Lipinski definition) is 6. The molecule has 2 aromatic heterocycles. The second kappa shape index (κ2) is 5.98. The molecule has 6 heteroatoms. The van der Waals surface area contributed by atoms with E-state index in [4.69, 9.17) is 4.42 Å². The van der Waals surface area contributed by atoms with Crippen LogP contribution in [0.25, 0.3) is 11.6 Å². The largest absolute Gasteiger partial charge is 0.508 e. The average Bonchev–Trinajstić information content (AvgIpc) is 3.12. The molecular weight excluding hydrogens is 306 g/mol. The van der Waals surface area contributed by atoms with E-state index in [0.29, 0.717) is 30.2 Å². The van der Waals surface area contributed by atoms with Crippen LogP contribution in [0.15, 0.2) is 47.2 Å². The fourth-order valence-electron chi connectivity index (χ4n) is 2.97. The number of furan rings is 1. The SMILES string of the molecule is Oc1ccc(O)c(CN2CCc3nc(-c4ccco4)ncc3C2)c1. The molecule has 0 saturated heterocycles. The number of hydrogen-bond donors (Lipinski definition) is 2. The van der Waals surface area contributed by atoms with Crippen molar-refractivity contribution < 1.29 is 14.6 Å². The van der Waals surface area contributed by atoms with E-state index in [0.717, 1.165) is 24.2 Å². The van der Waals surface area contributed by atoms with E-state index in [1.54, 1.807) is 12.3 Å². The number of phenolic OH excluding ortho intramolecular Hbond substituents is 2. The van der Waals surface area contributed by atoms with E-state index in [1.165, 1.54) is 12.1 Å². The lowest BCUT2D eigenvalue weighted by atomic mass is 10.1. The summed E-state index contributed by atoms with van der Waals surface area (Å²) in [5.74, 6) is 1.64. The van der Waals surface area contributed by atoms with Gasteiger partial charge in [-0.05, 0) is 30.3 Å². The first-order chi connectivity index (χ1) is 11.7. The Balaban J connectivity index is 1.53. The van der Waals surface area contributed by atoms with Crippen LogP contribution >= 0.6 is 0 Å². The fraction of sp³-hybridized carbons (Fsp3) is 0.222. The summed E-state index contributed by atoms with van der Waals surface area (Å²) in [4.78, 5) is 11.2. The molecule has 6 nitrogen and oxygen atoms in total. The molecule has 24 heavy (non-hydrogen) atoms. The quantitative estimate of drug-likeness (QED) is 0.721. The normalized spacial score (nSPS) is 14.5. The van der Waals surface area contributed by atoms with Crippen molar-refractivity contribution in [2.45, 2.75) is 19.5 Å². The Labute approximate surface area is 139 Å². The van der Waals surface area contributed by atoms with Crippen molar-refractivity contribution in [3.8, 4) is 23.1 Å². The van der Waals surface area contributed by atoms with Crippen molar-refractivity contribution in [3.63, 3.8) is 0 Å². The van der Waals surface area contributed by atoms with E-state index in [9.17, 15) is 10.2 Å².